The molecule has 1 aliphatic carbocycles. The van der Waals surface area contributed by atoms with Gasteiger partial charge in [0.1, 0.15) is 0 Å². The average Bonchev–Trinajstić information content (AvgIpc) is 3.00. The molecule has 0 aromatic carbocycles. The molecule has 2 aliphatic rings. The number of hydrogen-bond acceptors (Lipinski definition) is 2. The van der Waals surface area contributed by atoms with Gasteiger partial charge in [-0.3, -0.25) is 0 Å². The van der Waals surface area contributed by atoms with E-state index in [0.717, 1.165) is 32.2 Å². The molecule has 1 saturated heterocycles. The minimum absolute atomic E-state index is 0.269. The van der Waals surface area contributed by atoms with Crippen LogP contribution in [0.1, 0.15) is 38.5 Å². The normalized spacial score (nSPS) is 25.8. The summed E-state index contributed by atoms with van der Waals surface area (Å²) in [5.41, 5.74) is 0. The van der Waals surface area contributed by atoms with Crippen molar-refractivity contribution in [3.8, 4) is 0 Å². The molecule has 5 heteroatoms. The Morgan fingerprint density at radius 1 is 1.11 bits per heavy atom. The third-order valence-corrected chi connectivity index (χ3v) is 3.83. The Labute approximate surface area is 107 Å². The number of nitrogens with one attached hydrogen (secondary N) is 1. The van der Waals surface area contributed by atoms with Gasteiger partial charge in [-0.25, -0.2) is 0 Å². The second kappa shape index (κ2) is 6.24. The van der Waals surface area contributed by atoms with Crippen molar-refractivity contribution in [2.45, 2.75) is 50.7 Å². The van der Waals surface area contributed by atoms with Crippen LogP contribution in [0.2, 0.25) is 0 Å². The Bertz CT molecular complexity index is 251. The predicted molar refractivity (Wildman–Crippen MR) is 65.5 cm³/mol. The molecule has 1 aliphatic heterocycles. The first-order chi connectivity index (χ1) is 8.53. The molecule has 106 valence electrons. The molecule has 0 spiro atoms. The molecule has 0 radical (unpaired) electrons. The third kappa shape index (κ3) is 5.57. The lowest BCUT2D eigenvalue weighted by Gasteiger charge is -2.16. The Morgan fingerprint density at radius 2 is 1.89 bits per heavy atom. The average molecular weight is 264 g/mol. The van der Waals surface area contributed by atoms with Gasteiger partial charge in [0.15, 0.2) is 0 Å². The second-order valence-corrected chi connectivity index (χ2v) is 5.71. The molecule has 2 rings (SSSR count). The zero-order chi connectivity index (χ0) is 13.0. The van der Waals surface area contributed by atoms with Gasteiger partial charge in [-0.15, -0.1) is 0 Å². The van der Waals surface area contributed by atoms with Crippen LogP contribution < -0.4 is 5.32 Å². The van der Waals surface area contributed by atoms with E-state index < -0.39 is 12.6 Å². The van der Waals surface area contributed by atoms with Crippen molar-refractivity contribution >= 4 is 0 Å². The van der Waals surface area contributed by atoms with E-state index in [9.17, 15) is 13.2 Å². The molecular weight excluding hydrogens is 241 g/mol. The highest BCUT2D eigenvalue weighted by molar-refractivity contribution is 4.84. The molecule has 1 saturated carbocycles. The van der Waals surface area contributed by atoms with Crippen LogP contribution in [0.15, 0.2) is 0 Å². The summed E-state index contributed by atoms with van der Waals surface area (Å²) in [5, 5.41) is 3.53. The Hall–Kier alpha value is -0.290. The van der Waals surface area contributed by atoms with Crippen molar-refractivity contribution in [2.24, 2.45) is 5.92 Å². The van der Waals surface area contributed by atoms with Gasteiger partial charge < -0.3 is 10.2 Å². The Morgan fingerprint density at radius 3 is 2.56 bits per heavy atom. The standard InChI is InChI=1S/C13H23F3N2/c14-13(15,16)6-1-2-7-18-8-5-11(10-18)9-17-12-3-4-12/h11-12,17H,1-10H2. The van der Waals surface area contributed by atoms with E-state index >= 15 is 0 Å². The van der Waals surface area contributed by atoms with E-state index in [4.69, 9.17) is 0 Å². The fourth-order valence-corrected chi connectivity index (χ4v) is 2.56. The van der Waals surface area contributed by atoms with Crippen LogP contribution in [-0.2, 0) is 0 Å². The van der Waals surface area contributed by atoms with Gasteiger partial charge in [0.2, 0.25) is 0 Å². The van der Waals surface area contributed by atoms with E-state index in [2.05, 4.69) is 10.2 Å². The lowest BCUT2D eigenvalue weighted by molar-refractivity contribution is -0.135. The molecule has 0 aromatic heterocycles. The lowest BCUT2D eigenvalue weighted by atomic mass is 10.1. The number of nitrogens with zero attached hydrogens (tertiary/aromatic N) is 1. The van der Waals surface area contributed by atoms with E-state index in [0.29, 0.717) is 12.3 Å². The maximum Gasteiger partial charge on any atom is 0.389 e. The lowest BCUT2D eigenvalue weighted by Crippen LogP contribution is -2.28. The highest BCUT2D eigenvalue weighted by Crippen LogP contribution is 2.24. The Kier molecular flexibility index (Phi) is 4.90. The van der Waals surface area contributed by atoms with Crippen LogP contribution >= 0.6 is 0 Å². The topological polar surface area (TPSA) is 15.3 Å². The minimum Gasteiger partial charge on any atom is -0.314 e. The monoisotopic (exact) mass is 264 g/mol. The SMILES string of the molecule is FC(F)(F)CCCCN1CCC(CNC2CC2)C1. The molecule has 2 fully saturated rings. The number of likely N-dealkylation sites (tertiary alicyclic amines) is 1. The van der Waals surface area contributed by atoms with E-state index in [-0.39, 0.29) is 6.42 Å². The number of rotatable bonds is 7. The predicted octanol–water partition coefficient (Wildman–Crippen LogP) is 2.79. The number of unbranched alkanes of at least 4 members (excludes halogenated alkanes) is 1. The molecule has 1 unspecified atom stereocenters. The molecule has 1 N–H and O–H groups in total. The quantitative estimate of drug-likeness (QED) is 0.711. The Balaban J connectivity index is 1.49. The van der Waals surface area contributed by atoms with Crippen molar-refractivity contribution in [2.75, 3.05) is 26.2 Å². The maximum absolute atomic E-state index is 12.0. The molecule has 1 atom stereocenters. The van der Waals surface area contributed by atoms with Gasteiger partial charge in [0.05, 0.1) is 0 Å². The first-order valence-electron chi connectivity index (χ1n) is 7.05. The molecule has 2 nitrogen and oxygen atoms in total. The summed E-state index contributed by atoms with van der Waals surface area (Å²) in [4.78, 5) is 2.32. The van der Waals surface area contributed by atoms with Crippen LogP contribution in [0.4, 0.5) is 13.2 Å². The zero-order valence-electron chi connectivity index (χ0n) is 10.8. The largest absolute Gasteiger partial charge is 0.389 e. The summed E-state index contributed by atoms with van der Waals surface area (Å²) in [5.74, 6) is 0.702. The van der Waals surface area contributed by atoms with Crippen molar-refractivity contribution < 1.29 is 13.2 Å². The van der Waals surface area contributed by atoms with Crippen molar-refractivity contribution in [3.63, 3.8) is 0 Å². The fourth-order valence-electron chi connectivity index (χ4n) is 2.56. The zero-order valence-corrected chi connectivity index (χ0v) is 10.8. The first kappa shape index (κ1) is 14.1. The van der Waals surface area contributed by atoms with Crippen LogP contribution in [-0.4, -0.2) is 43.3 Å². The van der Waals surface area contributed by atoms with Crippen molar-refractivity contribution in [3.05, 3.63) is 0 Å². The van der Waals surface area contributed by atoms with Crippen LogP contribution in [0, 0.1) is 5.92 Å². The molecule has 1 heterocycles. The minimum atomic E-state index is -3.98. The van der Waals surface area contributed by atoms with Crippen LogP contribution in [0.5, 0.6) is 0 Å². The summed E-state index contributed by atoms with van der Waals surface area (Å²) < 4.78 is 35.9. The molecule has 0 bridgehead atoms. The van der Waals surface area contributed by atoms with Crippen LogP contribution in [0.3, 0.4) is 0 Å². The number of alkyl halides is 3. The van der Waals surface area contributed by atoms with Gasteiger partial charge in [0, 0.05) is 19.0 Å². The summed E-state index contributed by atoms with van der Waals surface area (Å²) >= 11 is 0. The van der Waals surface area contributed by atoms with Crippen LogP contribution in [0.25, 0.3) is 0 Å². The van der Waals surface area contributed by atoms with Gasteiger partial charge in [-0.05, 0) is 57.7 Å². The van der Waals surface area contributed by atoms with E-state index in [1.54, 1.807) is 0 Å². The van der Waals surface area contributed by atoms with Gasteiger partial charge in [0.25, 0.3) is 0 Å². The summed E-state index contributed by atoms with van der Waals surface area (Å²) in [7, 11) is 0. The number of halogens is 3. The molecular formula is C13H23F3N2. The van der Waals surface area contributed by atoms with Crippen molar-refractivity contribution in [1.29, 1.82) is 0 Å². The first-order valence-corrected chi connectivity index (χ1v) is 7.05. The highest BCUT2D eigenvalue weighted by Gasteiger charge is 2.27. The maximum atomic E-state index is 12.0. The van der Waals surface area contributed by atoms with Gasteiger partial charge in [-0.1, -0.05) is 0 Å². The van der Waals surface area contributed by atoms with Crippen molar-refractivity contribution in [1.82, 2.24) is 10.2 Å². The summed E-state index contributed by atoms with van der Waals surface area (Å²) in [6, 6.07) is 0.755. The van der Waals surface area contributed by atoms with Gasteiger partial charge >= 0.3 is 6.18 Å². The third-order valence-electron chi connectivity index (χ3n) is 3.83. The highest BCUT2D eigenvalue weighted by atomic mass is 19.4. The smallest absolute Gasteiger partial charge is 0.314 e. The summed E-state index contributed by atoms with van der Waals surface area (Å²) in [6.45, 7) is 4.04. The molecule has 18 heavy (non-hydrogen) atoms. The van der Waals surface area contributed by atoms with Gasteiger partial charge in [-0.2, -0.15) is 13.2 Å². The second-order valence-electron chi connectivity index (χ2n) is 5.71. The molecule has 0 aromatic rings. The fraction of sp³-hybridized carbons (Fsp3) is 1.00. The van der Waals surface area contributed by atoms with E-state index in [1.807, 2.05) is 0 Å². The molecule has 0 amide bonds. The van der Waals surface area contributed by atoms with E-state index in [1.165, 1.54) is 19.3 Å². The summed E-state index contributed by atoms with van der Waals surface area (Å²) in [6.07, 6.45) is 0.142. The number of hydrogen-bond donors (Lipinski definition) is 1.